The highest BCUT2D eigenvalue weighted by atomic mass is 19.1. The molecule has 1 aromatic carbocycles. The molecule has 2 rings (SSSR count). The van der Waals surface area contributed by atoms with Gasteiger partial charge in [-0.2, -0.15) is 0 Å². The van der Waals surface area contributed by atoms with E-state index in [1.165, 1.54) is 24.4 Å². The number of aryl methyl sites for hydroxylation is 1. The highest BCUT2D eigenvalue weighted by molar-refractivity contribution is 6.04. The average Bonchev–Trinajstić information content (AvgIpc) is 2.41. The van der Waals surface area contributed by atoms with Crippen LogP contribution in [0.4, 0.5) is 15.8 Å². The fourth-order valence-corrected chi connectivity index (χ4v) is 1.63. The fourth-order valence-electron chi connectivity index (χ4n) is 1.63. The van der Waals surface area contributed by atoms with Crippen molar-refractivity contribution in [3.05, 3.63) is 63.7 Å². The summed E-state index contributed by atoms with van der Waals surface area (Å²) in [4.78, 5) is 25.8. The van der Waals surface area contributed by atoms with Crippen LogP contribution in [0, 0.1) is 22.9 Å². The Morgan fingerprint density at radius 1 is 1.40 bits per heavy atom. The van der Waals surface area contributed by atoms with Crippen LogP contribution in [0.2, 0.25) is 0 Å². The van der Waals surface area contributed by atoms with E-state index in [4.69, 9.17) is 0 Å². The smallest absolute Gasteiger partial charge is 0.293 e. The first-order valence-corrected chi connectivity index (χ1v) is 5.66. The van der Waals surface area contributed by atoms with Crippen molar-refractivity contribution in [3.63, 3.8) is 0 Å². The molecule has 7 heteroatoms. The first kappa shape index (κ1) is 13.6. The van der Waals surface area contributed by atoms with Gasteiger partial charge < -0.3 is 5.32 Å². The summed E-state index contributed by atoms with van der Waals surface area (Å²) in [6, 6.07) is 6.76. The number of nitro groups is 1. The maximum Gasteiger partial charge on any atom is 0.293 e. The zero-order valence-corrected chi connectivity index (χ0v) is 10.5. The number of anilines is 1. The van der Waals surface area contributed by atoms with Gasteiger partial charge in [-0.3, -0.25) is 14.9 Å². The number of nitrogens with one attached hydrogen (secondary N) is 1. The molecule has 0 radical (unpaired) electrons. The lowest BCUT2D eigenvalue weighted by molar-refractivity contribution is -0.384. The van der Waals surface area contributed by atoms with Crippen molar-refractivity contribution in [1.29, 1.82) is 0 Å². The number of aromatic nitrogens is 1. The van der Waals surface area contributed by atoms with Gasteiger partial charge in [-0.15, -0.1) is 0 Å². The second-order valence-corrected chi connectivity index (χ2v) is 4.07. The van der Waals surface area contributed by atoms with Crippen LogP contribution in [-0.4, -0.2) is 15.8 Å². The number of hydrogen-bond acceptors (Lipinski definition) is 4. The number of halogens is 1. The minimum Gasteiger partial charge on any atom is -0.315 e. The normalized spacial score (nSPS) is 10.1. The average molecular weight is 275 g/mol. The molecule has 0 saturated heterocycles. The van der Waals surface area contributed by atoms with E-state index in [9.17, 15) is 19.3 Å². The van der Waals surface area contributed by atoms with E-state index in [2.05, 4.69) is 10.3 Å². The lowest BCUT2D eigenvalue weighted by atomic mass is 10.2. The summed E-state index contributed by atoms with van der Waals surface area (Å²) < 4.78 is 13.4. The van der Waals surface area contributed by atoms with Crippen molar-refractivity contribution in [3.8, 4) is 0 Å². The van der Waals surface area contributed by atoms with Crippen LogP contribution in [0.1, 0.15) is 16.1 Å². The fraction of sp³-hybridized carbons (Fsp3) is 0.0769. The van der Waals surface area contributed by atoms with E-state index in [-0.39, 0.29) is 11.4 Å². The van der Waals surface area contributed by atoms with Gasteiger partial charge in [0.25, 0.3) is 11.6 Å². The number of pyridine rings is 1. The molecule has 1 aromatic heterocycles. The summed E-state index contributed by atoms with van der Waals surface area (Å²) in [6.07, 6.45) is 1.27. The molecule has 0 aliphatic heterocycles. The van der Waals surface area contributed by atoms with Gasteiger partial charge in [0.15, 0.2) is 11.5 Å². The molecule has 0 saturated carbocycles. The third-order valence-electron chi connectivity index (χ3n) is 2.57. The maximum atomic E-state index is 13.4. The van der Waals surface area contributed by atoms with Crippen LogP contribution < -0.4 is 5.32 Å². The predicted molar refractivity (Wildman–Crippen MR) is 70.0 cm³/mol. The van der Waals surface area contributed by atoms with Gasteiger partial charge in [0.2, 0.25) is 0 Å². The number of amides is 1. The Kier molecular flexibility index (Phi) is 3.69. The predicted octanol–water partition coefficient (Wildman–Crippen LogP) is 2.69. The van der Waals surface area contributed by atoms with E-state index in [0.717, 1.165) is 6.07 Å². The van der Waals surface area contributed by atoms with Crippen LogP contribution in [0.3, 0.4) is 0 Å². The Morgan fingerprint density at radius 2 is 2.15 bits per heavy atom. The third-order valence-corrected chi connectivity index (χ3v) is 2.57. The van der Waals surface area contributed by atoms with Crippen LogP contribution in [0.5, 0.6) is 0 Å². The molecule has 0 atom stereocenters. The molecule has 0 bridgehead atoms. The number of rotatable bonds is 3. The molecular formula is C13H10FN3O3. The molecule has 1 amide bonds. The number of hydrogen-bond donors (Lipinski definition) is 1. The van der Waals surface area contributed by atoms with Crippen molar-refractivity contribution >= 4 is 17.3 Å². The van der Waals surface area contributed by atoms with Crippen LogP contribution in [0.15, 0.2) is 36.5 Å². The Hall–Kier alpha value is -2.83. The Morgan fingerprint density at radius 3 is 2.80 bits per heavy atom. The molecule has 0 spiro atoms. The lowest BCUT2D eigenvalue weighted by Crippen LogP contribution is -2.16. The van der Waals surface area contributed by atoms with E-state index < -0.39 is 22.3 Å². The van der Waals surface area contributed by atoms with Gasteiger partial charge in [0.05, 0.1) is 4.92 Å². The van der Waals surface area contributed by atoms with Crippen molar-refractivity contribution < 1.29 is 14.1 Å². The molecule has 2 aromatic rings. The summed E-state index contributed by atoms with van der Waals surface area (Å²) in [7, 11) is 0. The lowest BCUT2D eigenvalue weighted by Gasteiger charge is -2.06. The summed E-state index contributed by atoms with van der Waals surface area (Å²) in [5.41, 5.74) is 0.00595. The van der Waals surface area contributed by atoms with Crippen molar-refractivity contribution in [2.45, 2.75) is 6.92 Å². The van der Waals surface area contributed by atoms with Gasteiger partial charge in [0.1, 0.15) is 5.69 Å². The number of carbonyl (C=O) groups excluding carboxylic acids is 1. The zero-order valence-electron chi connectivity index (χ0n) is 10.5. The molecule has 6 nitrogen and oxygen atoms in total. The topological polar surface area (TPSA) is 85.1 Å². The molecule has 0 aliphatic rings. The van der Waals surface area contributed by atoms with Crippen molar-refractivity contribution in [2.24, 2.45) is 0 Å². The van der Waals surface area contributed by atoms with Gasteiger partial charge in [0, 0.05) is 12.3 Å². The second kappa shape index (κ2) is 5.43. The number of nitrogens with zero attached hydrogens (tertiary/aromatic N) is 2. The Labute approximate surface area is 113 Å². The minimum atomic E-state index is -0.838. The van der Waals surface area contributed by atoms with Gasteiger partial charge in [-0.1, -0.05) is 6.07 Å². The number of nitro benzene ring substituents is 1. The first-order valence-electron chi connectivity index (χ1n) is 5.66. The van der Waals surface area contributed by atoms with Crippen LogP contribution >= 0.6 is 0 Å². The molecule has 1 heterocycles. The van der Waals surface area contributed by atoms with E-state index in [0.29, 0.717) is 5.56 Å². The van der Waals surface area contributed by atoms with E-state index >= 15 is 0 Å². The van der Waals surface area contributed by atoms with Gasteiger partial charge in [-0.25, -0.2) is 9.37 Å². The third kappa shape index (κ3) is 2.77. The molecule has 0 unspecified atom stereocenters. The monoisotopic (exact) mass is 275 g/mol. The first-order chi connectivity index (χ1) is 9.49. The quantitative estimate of drug-likeness (QED) is 0.689. The summed E-state index contributed by atoms with van der Waals surface area (Å²) in [5, 5.41) is 13.2. The molecule has 102 valence electrons. The SMILES string of the molecule is Cc1ccc(NC(=O)c2ncccc2F)c([N+](=O)[O-])c1. The van der Waals surface area contributed by atoms with Crippen LogP contribution in [-0.2, 0) is 0 Å². The van der Waals surface area contributed by atoms with Crippen molar-refractivity contribution in [2.75, 3.05) is 5.32 Å². The standard InChI is InChI=1S/C13H10FN3O3/c1-8-4-5-10(11(7-8)17(19)20)16-13(18)12-9(14)3-2-6-15-12/h2-7H,1H3,(H,16,18). The highest BCUT2D eigenvalue weighted by Gasteiger charge is 2.19. The largest absolute Gasteiger partial charge is 0.315 e. The number of carbonyl (C=O) groups is 1. The van der Waals surface area contributed by atoms with Crippen LogP contribution in [0.25, 0.3) is 0 Å². The maximum absolute atomic E-state index is 13.4. The zero-order chi connectivity index (χ0) is 14.7. The summed E-state index contributed by atoms with van der Waals surface area (Å²) >= 11 is 0. The summed E-state index contributed by atoms with van der Waals surface area (Å²) in [6.45, 7) is 1.69. The van der Waals surface area contributed by atoms with Gasteiger partial charge >= 0.3 is 0 Å². The summed E-state index contributed by atoms with van der Waals surface area (Å²) in [5.74, 6) is -1.63. The Balaban J connectivity index is 2.33. The van der Waals surface area contributed by atoms with E-state index in [1.807, 2.05) is 0 Å². The van der Waals surface area contributed by atoms with Gasteiger partial charge in [-0.05, 0) is 30.7 Å². The second-order valence-electron chi connectivity index (χ2n) is 4.07. The Bertz CT molecular complexity index is 688. The molecule has 1 N–H and O–H groups in total. The van der Waals surface area contributed by atoms with E-state index in [1.54, 1.807) is 13.0 Å². The molecule has 0 fully saturated rings. The highest BCUT2D eigenvalue weighted by Crippen LogP contribution is 2.25. The number of benzene rings is 1. The molecular weight excluding hydrogens is 265 g/mol. The van der Waals surface area contributed by atoms with Crippen molar-refractivity contribution in [1.82, 2.24) is 4.98 Å². The minimum absolute atomic E-state index is 0.00402. The molecule has 0 aliphatic carbocycles. The molecule has 20 heavy (non-hydrogen) atoms.